The molecule has 0 bridgehead atoms. The Morgan fingerprint density at radius 2 is 2.04 bits per heavy atom. The lowest BCUT2D eigenvalue weighted by Crippen LogP contribution is -2.31. The highest BCUT2D eigenvalue weighted by Gasteiger charge is 1.97. The Morgan fingerprint density at radius 3 is 2.74 bits per heavy atom. The summed E-state index contributed by atoms with van der Waals surface area (Å²) >= 11 is 11.0. The van der Waals surface area contributed by atoms with Crippen LogP contribution in [0.3, 0.4) is 0 Å². The zero-order valence-electron chi connectivity index (χ0n) is 12.8. The topological polar surface area (TPSA) is 45.7 Å². The minimum absolute atomic E-state index is 0.479. The van der Waals surface area contributed by atoms with Crippen LogP contribution in [0.4, 0.5) is 0 Å². The summed E-state index contributed by atoms with van der Waals surface area (Å²) in [6.07, 6.45) is 1.70. The van der Waals surface area contributed by atoms with E-state index in [-0.39, 0.29) is 0 Å². The molecule has 0 aliphatic heterocycles. The number of ether oxygens (including phenoxy) is 1. The normalized spacial score (nSPS) is 10.5. The van der Waals surface area contributed by atoms with Gasteiger partial charge in [0.15, 0.2) is 5.11 Å². The van der Waals surface area contributed by atoms with Gasteiger partial charge in [0, 0.05) is 11.6 Å². The molecule has 0 radical (unpaired) electrons. The van der Waals surface area contributed by atoms with Gasteiger partial charge in [-0.15, -0.1) is 0 Å². The first-order chi connectivity index (χ1) is 11.2. The average molecular weight is 348 g/mol. The van der Waals surface area contributed by atoms with Crippen LogP contribution in [0.15, 0.2) is 53.6 Å². The molecule has 2 aromatic carbocycles. The molecule has 2 aromatic rings. The Balaban J connectivity index is 1.84. The first-order valence-electron chi connectivity index (χ1n) is 7.21. The SMILES string of the molecule is CCNC(=S)N/N=C/c1ccc(OCc2cccc(Cl)c2)cc1. The molecule has 120 valence electrons. The van der Waals surface area contributed by atoms with Gasteiger partial charge in [0.1, 0.15) is 12.4 Å². The van der Waals surface area contributed by atoms with E-state index >= 15 is 0 Å². The maximum Gasteiger partial charge on any atom is 0.186 e. The predicted molar refractivity (Wildman–Crippen MR) is 99.2 cm³/mol. The van der Waals surface area contributed by atoms with Crippen LogP contribution < -0.4 is 15.5 Å². The summed E-state index contributed by atoms with van der Waals surface area (Å²) in [5, 5.41) is 8.23. The van der Waals surface area contributed by atoms with Gasteiger partial charge in [-0.25, -0.2) is 0 Å². The summed E-state index contributed by atoms with van der Waals surface area (Å²) < 4.78 is 5.73. The second-order valence-electron chi connectivity index (χ2n) is 4.72. The second-order valence-corrected chi connectivity index (χ2v) is 5.56. The number of rotatable bonds is 6. The number of halogens is 1. The van der Waals surface area contributed by atoms with E-state index < -0.39 is 0 Å². The number of hydrazone groups is 1. The van der Waals surface area contributed by atoms with E-state index in [0.29, 0.717) is 16.7 Å². The summed E-state index contributed by atoms with van der Waals surface area (Å²) in [5.74, 6) is 0.790. The zero-order valence-corrected chi connectivity index (χ0v) is 14.3. The molecule has 6 heteroatoms. The van der Waals surface area contributed by atoms with Gasteiger partial charge in [0.25, 0.3) is 0 Å². The van der Waals surface area contributed by atoms with Gasteiger partial charge in [-0.05, 0) is 66.7 Å². The van der Waals surface area contributed by atoms with Crippen molar-refractivity contribution in [3.05, 3.63) is 64.7 Å². The molecule has 0 aliphatic carbocycles. The van der Waals surface area contributed by atoms with Crippen molar-refractivity contribution < 1.29 is 4.74 Å². The van der Waals surface area contributed by atoms with Gasteiger partial charge in [-0.2, -0.15) is 5.10 Å². The van der Waals surface area contributed by atoms with E-state index in [1.54, 1.807) is 6.21 Å². The monoisotopic (exact) mass is 347 g/mol. The van der Waals surface area contributed by atoms with Crippen molar-refractivity contribution in [1.82, 2.24) is 10.7 Å². The number of nitrogens with zero attached hydrogens (tertiary/aromatic N) is 1. The summed E-state index contributed by atoms with van der Waals surface area (Å²) in [4.78, 5) is 0. The molecular formula is C17H18ClN3OS. The fourth-order valence-electron chi connectivity index (χ4n) is 1.81. The molecule has 0 saturated carbocycles. The van der Waals surface area contributed by atoms with E-state index in [1.807, 2.05) is 55.5 Å². The molecule has 23 heavy (non-hydrogen) atoms. The van der Waals surface area contributed by atoms with Crippen molar-refractivity contribution in [2.75, 3.05) is 6.54 Å². The van der Waals surface area contributed by atoms with Crippen LogP contribution in [0.5, 0.6) is 5.75 Å². The van der Waals surface area contributed by atoms with Crippen LogP contribution in [0.1, 0.15) is 18.1 Å². The lowest BCUT2D eigenvalue weighted by atomic mass is 10.2. The van der Waals surface area contributed by atoms with Gasteiger partial charge in [0.2, 0.25) is 0 Å². The highest BCUT2D eigenvalue weighted by atomic mass is 35.5. The van der Waals surface area contributed by atoms with Crippen molar-refractivity contribution in [3.63, 3.8) is 0 Å². The smallest absolute Gasteiger partial charge is 0.186 e. The first-order valence-corrected chi connectivity index (χ1v) is 8.00. The Morgan fingerprint density at radius 1 is 1.26 bits per heavy atom. The van der Waals surface area contributed by atoms with E-state index in [2.05, 4.69) is 15.8 Å². The number of nitrogens with one attached hydrogen (secondary N) is 2. The van der Waals surface area contributed by atoms with E-state index in [9.17, 15) is 0 Å². The molecule has 0 atom stereocenters. The Hall–Kier alpha value is -2.11. The molecule has 0 unspecified atom stereocenters. The van der Waals surface area contributed by atoms with E-state index in [1.165, 1.54) is 0 Å². The lowest BCUT2D eigenvalue weighted by Gasteiger charge is -2.07. The zero-order chi connectivity index (χ0) is 16.5. The van der Waals surface area contributed by atoms with Gasteiger partial charge >= 0.3 is 0 Å². The molecule has 0 heterocycles. The standard InChI is InChI=1S/C17H18ClN3OS/c1-2-19-17(23)21-20-11-13-6-8-16(9-7-13)22-12-14-4-3-5-15(18)10-14/h3-11H,2,12H2,1H3,(H2,19,21,23)/b20-11+. The van der Waals surface area contributed by atoms with Crippen LogP contribution in [0.25, 0.3) is 0 Å². The van der Waals surface area contributed by atoms with Gasteiger partial charge in [0.05, 0.1) is 6.21 Å². The van der Waals surface area contributed by atoms with Crippen molar-refractivity contribution in [3.8, 4) is 5.75 Å². The molecule has 2 N–H and O–H groups in total. The highest BCUT2D eigenvalue weighted by Crippen LogP contribution is 2.15. The largest absolute Gasteiger partial charge is 0.489 e. The molecule has 0 saturated heterocycles. The lowest BCUT2D eigenvalue weighted by molar-refractivity contribution is 0.306. The van der Waals surface area contributed by atoms with Crippen LogP contribution in [-0.2, 0) is 6.61 Å². The number of benzene rings is 2. The predicted octanol–water partition coefficient (Wildman–Crippen LogP) is 3.74. The number of thiocarbonyl (C=S) groups is 1. The van der Waals surface area contributed by atoms with Crippen molar-refractivity contribution >= 4 is 35.1 Å². The van der Waals surface area contributed by atoms with Crippen molar-refractivity contribution in [2.24, 2.45) is 5.10 Å². The third kappa shape index (κ3) is 6.26. The Labute approximate surface area is 146 Å². The molecule has 2 rings (SSSR count). The van der Waals surface area contributed by atoms with E-state index in [0.717, 1.165) is 23.4 Å². The summed E-state index contributed by atoms with van der Waals surface area (Å²) in [6, 6.07) is 15.3. The first kappa shape index (κ1) is 17.2. The van der Waals surface area contributed by atoms with Crippen molar-refractivity contribution in [1.29, 1.82) is 0 Å². The van der Waals surface area contributed by atoms with Crippen molar-refractivity contribution in [2.45, 2.75) is 13.5 Å². The fraction of sp³-hybridized carbons (Fsp3) is 0.176. The highest BCUT2D eigenvalue weighted by molar-refractivity contribution is 7.80. The summed E-state index contributed by atoms with van der Waals surface area (Å²) in [5.41, 5.74) is 4.73. The molecule has 0 fully saturated rings. The molecule has 0 aromatic heterocycles. The van der Waals surface area contributed by atoms with E-state index in [4.69, 9.17) is 28.6 Å². The second kappa shape index (κ2) is 9.12. The fourth-order valence-corrected chi connectivity index (χ4v) is 2.22. The minimum atomic E-state index is 0.479. The maximum atomic E-state index is 5.95. The number of hydrogen-bond donors (Lipinski definition) is 2. The average Bonchev–Trinajstić information content (AvgIpc) is 2.54. The Bertz CT molecular complexity index is 674. The van der Waals surface area contributed by atoms with Crippen LogP contribution in [0.2, 0.25) is 5.02 Å². The third-order valence-electron chi connectivity index (χ3n) is 2.89. The van der Waals surface area contributed by atoms with Gasteiger partial charge < -0.3 is 10.1 Å². The number of hydrogen-bond acceptors (Lipinski definition) is 3. The summed E-state index contributed by atoms with van der Waals surface area (Å²) in [7, 11) is 0. The maximum absolute atomic E-state index is 5.95. The molecular weight excluding hydrogens is 330 g/mol. The molecule has 0 amide bonds. The third-order valence-corrected chi connectivity index (χ3v) is 3.36. The van der Waals surface area contributed by atoms with Crippen LogP contribution in [0, 0.1) is 0 Å². The van der Waals surface area contributed by atoms with Crippen LogP contribution in [-0.4, -0.2) is 17.9 Å². The van der Waals surface area contributed by atoms with Gasteiger partial charge in [-0.1, -0.05) is 23.7 Å². The minimum Gasteiger partial charge on any atom is -0.489 e. The quantitative estimate of drug-likeness (QED) is 0.475. The molecule has 0 spiro atoms. The van der Waals surface area contributed by atoms with Crippen LogP contribution >= 0.6 is 23.8 Å². The Kier molecular flexibility index (Phi) is 6.84. The summed E-state index contributed by atoms with van der Waals surface area (Å²) in [6.45, 7) is 3.21. The molecule has 4 nitrogen and oxygen atoms in total. The van der Waals surface area contributed by atoms with Gasteiger partial charge in [-0.3, -0.25) is 5.43 Å². The molecule has 0 aliphatic rings.